The number of benzene rings is 1. The fourth-order valence-corrected chi connectivity index (χ4v) is 1.35. The normalized spacial score (nSPS) is 12.8. The highest BCUT2D eigenvalue weighted by Crippen LogP contribution is 2.32. The molecule has 0 saturated carbocycles. The third-order valence-electron chi connectivity index (χ3n) is 2.56. The van der Waals surface area contributed by atoms with Crippen LogP contribution in [0.1, 0.15) is 22.8 Å². The van der Waals surface area contributed by atoms with Crippen molar-refractivity contribution in [3.05, 3.63) is 29.3 Å². The van der Waals surface area contributed by atoms with Gasteiger partial charge in [0, 0.05) is 7.11 Å². The minimum atomic E-state index is -4.64. The summed E-state index contributed by atoms with van der Waals surface area (Å²) in [5, 5.41) is 11.0. The lowest BCUT2D eigenvalue weighted by molar-refractivity contribution is -0.137. The smallest absolute Gasteiger partial charge is 0.416 e. The summed E-state index contributed by atoms with van der Waals surface area (Å²) in [6.07, 6.45) is -5.56. The molecule has 1 aromatic rings. The Labute approximate surface area is 112 Å². The van der Waals surface area contributed by atoms with Crippen LogP contribution in [0.5, 0.6) is 0 Å². The second-order valence-electron chi connectivity index (χ2n) is 3.93. The molecule has 1 aromatic carbocycles. The van der Waals surface area contributed by atoms with Gasteiger partial charge < -0.3 is 15.2 Å². The first-order chi connectivity index (χ1) is 9.16. The predicted molar refractivity (Wildman–Crippen MR) is 63.5 cm³/mol. The fourth-order valence-electron chi connectivity index (χ4n) is 1.35. The minimum absolute atomic E-state index is 0.429. The van der Waals surface area contributed by atoms with E-state index >= 15 is 0 Å². The van der Waals surface area contributed by atoms with Crippen LogP contribution in [0, 0.1) is 0 Å². The number of carbonyl (C=O) groups excluding carboxylic acids is 1. The lowest BCUT2D eigenvalue weighted by Crippen LogP contribution is -2.27. The van der Waals surface area contributed by atoms with Gasteiger partial charge in [-0.05, 0) is 25.1 Å². The van der Waals surface area contributed by atoms with E-state index in [2.05, 4.69) is 5.32 Å². The number of carbonyl (C=O) groups is 2. The van der Waals surface area contributed by atoms with E-state index in [1.54, 1.807) is 0 Å². The SMILES string of the molecule is COC(C)C(=O)Nc1cc(C(F)(F)F)ccc1C(=O)O. The topological polar surface area (TPSA) is 75.6 Å². The van der Waals surface area contributed by atoms with E-state index < -0.39 is 41.0 Å². The summed E-state index contributed by atoms with van der Waals surface area (Å²) < 4.78 is 42.4. The lowest BCUT2D eigenvalue weighted by Gasteiger charge is -2.14. The van der Waals surface area contributed by atoms with Gasteiger partial charge in [0.15, 0.2) is 0 Å². The quantitative estimate of drug-likeness (QED) is 0.893. The zero-order chi connectivity index (χ0) is 15.5. The van der Waals surface area contributed by atoms with Gasteiger partial charge in [-0.15, -0.1) is 0 Å². The maximum atomic E-state index is 12.6. The van der Waals surface area contributed by atoms with Crippen LogP contribution >= 0.6 is 0 Å². The Morgan fingerprint density at radius 3 is 2.40 bits per heavy atom. The molecule has 1 rings (SSSR count). The number of carboxylic acids is 1. The average Bonchev–Trinajstić information content (AvgIpc) is 2.36. The van der Waals surface area contributed by atoms with Crippen molar-refractivity contribution in [2.75, 3.05) is 12.4 Å². The number of aromatic carboxylic acids is 1. The Bertz CT molecular complexity index is 528. The molecule has 8 heteroatoms. The average molecular weight is 291 g/mol. The molecule has 0 aliphatic carbocycles. The van der Waals surface area contributed by atoms with Crippen LogP contribution in [0.4, 0.5) is 18.9 Å². The first kappa shape index (κ1) is 16.0. The number of anilines is 1. The number of amides is 1. The highest BCUT2D eigenvalue weighted by molar-refractivity contribution is 6.01. The summed E-state index contributed by atoms with van der Waals surface area (Å²) >= 11 is 0. The van der Waals surface area contributed by atoms with Gasteiger partial charge in [-0.3, -0.25) is 4.79 Å². The summed E-state index contributed by atoms with van der Waals surface area (Å²) in [4.78, 5) is 22.5. The second kappa shape index (κ2) is 5.91. The maximum absolute atomic E-state index is 12.6. The van der Waals surface area contributed by atoms with Crippen molar-refractivity contribution in [3.63, 3.8) is 0 Å². The van der Waals surface area contributed by atoms with Crippen molar-refractivity contribution in [2.45, 2.75) is 19.2 Å². The lowest BCUT2D eigenvalue weighted by atomic mass is 10.1. The van der Waals surface area contributed by atoms with E-state index in [0.717, 1.165) is 6.07 Å². The Balaban J connectivity index is 3.19. The number of ether oxygens (including phenoxy) is 1. The van der Waals surface area contributed by atoms with Crippen molar-refractivity contribution >= 4 is 17.6 Å². The van der Waals surface area contributed by atoms with Crippen LogP contribution in [-0.4, -0.2) is 30.2 Å². The van der Waals surface area contributed by atoms with E-state index in [0.29, 0.717) is 12.1 Å². The standard InChI is InChI=1S/C12H12F3NO4/c1-6(20-2)10(17)16-9-5-7(12(13,14)15)3-4-8(9)11(18)19/h3-6H,1-2H3,(H,16,17)(H,18,19). The van der Waals surface area contributed by atoms with Gasteiger partial charge >= 0.3 is 12.1 Å². The molecule has 1 unspecified atom stereocenters. The molecule has 2 N–H and O–H groups in total. The summed E-state index contributed by atoms with van der Waals surface area (Å²) in [5.74, 6) is -2.19. The Morgan fingerprint density at radius 1 is 1.35 bits per heavy atom. The summed E-state index contributed by atoms with van der Waals surface area (Å²) in [5.41, 5.74) is -1.92. The molecule has 0 aliphatic heterocycles. The molecule has 0 heterocycles. The van der Waals surface area contributed by atoms with Crippen LogP contribution < -0.4 is 5.32 Å². The molecule has 0 aromatic heterocycles. The molecule has 0 saturated heterocycles. The summed E-state index contributed by atoms with van der Waals surface area (Å²) in [6, 6.07) is 2.00. The molecule has 20 heavy (non-hydrogen) atoms. The predicted octanol–water partition coefficient (Wildman–Crippen LogP) is 2.38. The van der Waals surface area contributed by atoms with Gasteiger partial charge in [0.2, 0.25) is 0 Å². The van der Waals surface area contributed by atoms with E-state index in [9.17, 15) is 22.8 Å². The van der Waals surface area contributed by atoms with E-state index in [4.69, 9.17) is 9.84 Å². The number of hydrogen-bond donors (Lipinski definition) is 2. The molecule has 0 radical (unpaired) electrons. The van der Waals surface area contributed by atoms with Crippen molar-refractivity contribution in [1.29, 1.82) is 0 Å². The molecule has 0 aliphatic rings. The monoisotopic (exact) mass is 291 g/mol. The van der Waals surface area contributed by atoms with Gasteiger partial charge in [0.05, 0.1) is 16.8 Å². The second-order valence-corrected chi connectivity index (χ2v) is 3.93. The Kier molecular flexibility index (Phi) is 4.72. The van der Waals surface area contributed by atoms with Crippen LogP contribution in [-0.2, 0) is 15.7 Å². The van der Waals surface area contributed by atoms with E-state index in [-0.39, 0.29) is 0 Å². The fraction of sp³-hybridized carbons (Fsp3) is 0.333. The van der Waals surface area contributed by atoms with Crippen LogP contribution in [0.25, 0.3) is 0 Å². The molecule has 110 valence electrons. The number of halogens is 3. The molecule has 0 bridgehead atoms. The molecule has 1 atom stereocenters. The molecule has 0 fully saturated rings. The minimum Gasteiger partial charge on any atom is -0.478 e. The number of hydrogen-bond acceptors (Lipinski definition) is 3. The van der Waals surface area contributed by atoms with E-state index in [1.807, 2.05) is 0 Å². The van der Waals surface area contributed by atoms with Crippen molar-refractivity contribution in [1.82, 2.24) is 0 Å². The number of rotatable bonds is 4. The van der Waals surface area contributed by atoms with Crippen molar-refractivity contribution < 1.29 is 32.6 Å². The zero-order valence-corrected chi connectivity index (χ0v) is 10.6. The third kappa shape index (κ3) is 3.70. The third-order valence-corrected chi connectivity index (χ3v) is 2.56. The largest absolute Gasteiger partial charge is 0.478 e. The molecule has 5 nitrogen and oxygen atoms in total. The zero-order valence-electron chi connectivity index (χ0n) is 10.6. The maximum Gasteiger partial charge on any atom is 0.416 e. The van der Waals surface area contributed by atoms with Crippen molar-refractivity contribution in [2.24, 2.45) is 0 Å². The first-order valence-electron chi connectivity index (χ1n) is 5.45. The molecular weight excluding hydrogens is 279 g/mol. The summed E-state index contributed by atoms with van der Waals surface area (Å²) in [7, 11) is 1.24. The Hall–Kier alpha value is -2.09. The first-order valence-corrected chi connectivity index (χ1v) is 5.45. The molecule has 0 spiro atoms. The van der Waals surface area contributed by atoms with Crippen LogP contribution in [0.2, 0.25) is 0 Å². The van der Waals surface area contributed by atoms with Crippen LogP contribution in [0.3, 0.4) is 0 Å². The van der Waals surface area contributed by atoms with Gasteiger partial charge in [-0.2, -0.15) is 13.2 Å². The van der Waals surface area contributed by atoms with Gasteiger partial charge in [0.25, 0.3) is 5.91 Å². The number of alkyl halides is 3. The van der Waals surface area contributed by atoms with Crippen LogP contribution in [0.15, 0.2) is 18.2 Å². The highest BCUT2D eigenvalue weighted by atomic mass is 19.4. The molecular formula is C12H12F3NO4. The van der Waals surface area contributed by atoms with Gasteiger partial charge in [0.1, 0.15) is 6.10 Å². The molecule has 1 amide bonds. The van der Waals surface area contributed by atoms with Gasteiger partial charge in [-0.1, -0.05) is 0 Å². The van der Waals surface area contributed by atoms with Crippen molar-refractivity contribution in [3.8, 4) is 0 Å². The number of methoxy groups -OCH3 is 1. The highest BCUT2D eigenvalue weighted by Gasteiger charge is 2.32. The number of nitrogens with one attached hydrogen (secondary N) is 1. The number of carboxylic acid groups (broad SMARTS) is 1. The van der Waals surface area contributed by atoms with Gasteiger partial charge in [-0.25, -0.2) is 4.79 Å². The summed E-state index contributed by atoms with van der Waals surface area (Å²) in [6.45, 7) is 1.38. The van der Waals surface area contributed by atoms with E-state index in [1.165, 1.54) is 14.0 Å². The Morgan fingerprint density at radius 2 is 1.95 bits per heavy atom.